The maximum atomic E-state index is 5.80. The van der Waals surface area contributed by atoms with Gasteiger partial charge in [-0.25, -0.2) is 0 Å². The maximum absolute atomic E-state index is 5.80. The highest BCUT2D eigenvalue weighted by Gasteiger charge is 2.33. The first kappa shape index (κ1) is 13.0. The lowest BCUT2D eigenvalue weighted by Gasteiger charge is -2.40. The van der Waals surface area contributed by atoms with Crippen LogP contribution in [0.4, 0.5) is 0 Å². The molecule has 1 aliphatic carbocycles. The molecule has 1 saturated carbocycles. The van der Waals surface area contributed by atoms with Crippen LogP contribution in [0.1, 0.15) is 47.0 Å². The quantitative estimate of drug-likeness (QED) is 0.723. The van der Waals surface area contributed by atoms with Gasteiger partial charge < -0.3 is 10.1 Å². The highest BCUT2D eigenvalue weighted by molar-refractivity contribution is 4.88. The number of nitrogens with one attached hydrogen (secondary N) is 1. The third kappa shape index (κ3) is 3.46. The van der Waals surface area contributed by atoms with Gasteiger partial charge in [0.25, 0.3) is 0 Å². The molecular weight excluding hydrogens is 186 g/mol. The largest absolute Gasteiger partial charge is 0.375 e. The third-order valence-electron chi connectivity index (χ3n) is 3.62. The highest BCUT2D eigenvalue weighted by atomic mass is 16.5. The van der Waals surface area contributed by atoms with Gasteiger partial charge in [-0.05, 0) is 31.1 Å². The van der Waals surface area contributed by atoms with E-state index in [1.165, 1.54) is 19.3 Å². The van der Waals surface area contributed by atoms with E-state index in [0.717, 1.165) is 25.0 Å². The van der Waals surface area contributed by atoms with Gasteiger partial charge in [-0.15, -0.1) is 0 Å². The van der Waals surface area contributed by atoms with E-state index in [2.05, 4.69) is 19.2 Å². The second-order valence-corrected chi connectivity index (χ2v) is 4.79. The molecule has 1 N–H and O–H groups in total. The SMILES string of the molecule is CC.CC(C)C1CCC2NCCOC2C1. The van der Waals surface area contributed by atoms with E-state index in [9.17, 15) is 0 Å². The fraction of sp³-hybridized carbons (Fsp3) is 1.00. The summed E-state index contributed by atoms with van der Waals surface area (Å²) in [5, 5.41) is 3.56. The molecule has 1 saturated heterocycles. The van der Waals surface area contributed by atoms with Crippen molar-refractivity contribution in [2.75, 3.05) is 13.2 Å². The number of morpholine rings is 1. The Hall–Kier alpha value is -0.0800. The van der Waals surface area contributed by atoms with Crippen molar-refractivity contribution in [1.82, 2.24) is 5.32 Å². The molecule has 2 heteroatoms. The standard InChI is InChI=1S/C11H21NO.C2H6/c1-8(2)9-3-4-10-11(7-9)13-6-5-12-10;1-2/h8-12H,3-7H2,1-2H3;1-2H3. The summed E-state index contributed by atoms with van der Waals surface area (Å²) >= 11 is 0. The van der Waals surface area contributed by atoms with Gasteiger partial charge in [-0.1, -0.05) is 27.7 Å². The smallest absolute Gasteiger partial charge is 0.0731 e. The molecule has 0 bridgehead atoms. The number of fused-ring (bicyclic) bond motifs is 1. The molecule has 1 aliphatic heterocycles. The molecule has 3 unspecified atom stereocenters. The lowest BCUT2D eigenvalue weighted by molar-refractivity contribution is -0.0427. The molecular formula is C13H27NO. The molecule has 3 atom stereocenters. The zero-order valence-corrected chi connectivity index (χ0v) is 10.8. The first-order valence-corrected chi connectivity index (χ1v) is 6.62. The van der Waals surface area contributed by atoms with Gasteiger partial charge in [-0.3, -0.25) is 0 Å². The van der Waals surface area contributed by atoms with Crippen molar-refractivity contribution in [3.63, 3.8) is 0 Å². The second-order valence-electron chi connectivity index (χ2n) is 4.79. The van der Waals surface area contributed by atoms with E-state index in [1.54, 1.807) is 0 Å². The molecule has 2 rings (SSSR count). The summed E-state index contributed by atoms with van der Waals surface area (Å²) in [5.41, 5.74) is 0. The van der Waals surface area contributed by atoms with E-state index in [-0.39, 0.29) is 0 Å². The summed E-state index contributed by atoms with van der Waals surface area (Å²) in [4.78, 5) is 0. The monoisotopic (exact) mass is 213 g/mol. The Bertz CT molecular complexity index is 170. The molecule has 0 spiro atoms. The number of hydrogen-bond donors (Lipinski definition) is 1. The van der Waals surface area contributed by atoms with Crippen LogP contribution < -0.4 is 5.32 Å². The summed E-state index contributed by atoms with van der Waals surface area (Å²) < 4.78 is 5.80. The summed E-state index contributed by atoms with van der Waals surface area (Å²) in [7, 11) is 0. The van der Waals surface area contributed by atoms with Crippen LogP contribution in [0.3, 0.4) is 0 Å². The van der Waals surface area contributed by atoms with E-state index in [0.29, 0.717) is 12.1 Å². The normalized spacial score (nSPS) is 35.4. The van der Waals surface area contributed by atoms with Gasteiger partial charge >= 0.3 is 0 Å². The fourth-order valence-electron chi connectivity index (χ4n) is 2.64. The van der Waals surface area contributed by atoms with Gasteiger partial charge in [-0.2, -0.15) is 0 Å². The maximum Gasteiger partial charge on any atom is 0.0731 e. The van der Waals surface area contributed by atoms with Gasteiger partial charge in [0, 0.05) is 12.6 Å². The van der Waals surface area contributed by atoms with Crippen LogP contribution in [-0.4, -0.2) is 25.3 Å². The Balaban J connectivity index is 0.000000531. The van der Waals surface area contributed by atoms with Crippen molar-refractivity contribution in [3.8, 4) is 0 Å². The van der Waals surface area contributed by atoms with Gasteiger partial charge in [0.1, 0.15) is 0 Å². The molecule has 1 heterocycles. The van der Waals surface area contributed by atoms with Crippen LogP contribution in [-0.2, 0) is 4.74 Å². The fourth-order valence-corrected chi connectivity index (χ4v) is 2.64. The Kier molecular flexibility index (Phi) is 5.62. The molecule has 90 valence electrons. The molecule has 15 heavy (non-hydrogen) atoms. The summed E-state index contributed by atoms with van der Waals surface area (Å²) in [6.45, 7) is 10.6. The van der Waals surface area contributed by atoms with Crippen molar-refractivity contribution in [1.29, 1.82) is 0 Å². The minimum absolute atomic E-state index is 0.509. The average molecular weight is 213 g/mol. The average Bonchev–Trinajstić information content (AvgIpc) is 2.31. The summed E-state index contributed by atoms with van der Waals surface area (Å²) in [6, 6.07) is 0.656. The lowest BCUT2D eigenvalue weighted by atomic mass is 9.77. The molecule has 0 aromatic rings. The third-order valence-corrected chi connectivity index (χ3v) is 3.62. The van der Waals surface area contributed by atoms with Crippen LogP contribution in [0.25, 0.3) is 0 Å². The second kappa shape index (κ2) is 6.49. The Morgan fingerprint density at radius 2 is 1.93 bits per heavy atom. The Labute approximate surface area is 94.8 Å². The molecule has 0 aromatic heterocycles. The van der Waals surface area contributed by atoms with E-state index in [4.69, 9.17) is 4.74 Å². The van der Waals surface area contributed by atoms with Gasteiger partial charge in [0.05, 0.1) is 12.7 Å². The predicted octanol–water partition coefficient (Wildman–Crippen LogP) is 2.83. The molecule has 2 aliphatic rings. The zero-order chi connectivity index (χ0) is 11.3. The van der Waals surface area contributed by atoms with Gasteiger partial charge in [0.15, 0.2) is 0 Å². The van der Waals surface area contributed by atoms with Crippen molar-refractivity contribution in [3.05, 3.63) is 0 Å². The van der Waals surface area contributed by atoms with Crippen molar-refractivity contribution < 1.29 is 4.74 Å². The number of hydrogen-bond acceptors (Lipinski definition) is 2. The number of ether oxygens (including phenoxy) is 1. The molecule has 0 aromatic carbocycles. The predicted molar refractivity (Wildman–Crippen MR) is 65.1 cm³/mol. The molecule has 0 radical (unpaired) electrons. The van der Waals surface area contributed by atoms with Crippen LogP contribution in [0.5, 0.6) is 0 Å². The van der Waals surface area contributed by atoms with Crippen molar-refractivity contribution in [2.24, 2.45) is 11.8 Å². The van der Waals surface area contributed by atoms with Crippen LogP contribution >= 0.6 is 0 Å². The first-order chi connectivity index (χ1) is 7.27. The highest BCUT2D eigenvalue weighted by Crippen LogP contribution is 2.32. The number of rotatable bonds is 1. The summed E-state index contributed by atoms with van der Waals surface area (Å²) in [5.74, 6) is 1.72. The van der Waals surface area contributed by atoms with E-state index < -0.39 is 0 Å². The molecule has 2 fully saturated rings. The van der Waals surface area contributed by atoms with Crippen molar-refractivity contribution >= 4 is 0 Å². The van der Waals surface area contributed by atoms with Crippen LogP contribution in [0.15, 0.2) is 0 Å². The van der Waals surface area contributed by atoms with Crippen LogP contribution in [0.2, 0.25) is 0 Å². The lowest BCUT2D eigenvalue weighted by Crippen LogP contribution is -2.51. The van der Waals surface area contributed by atoms with Gasteiger partial charge in [0.2, 0.25) is 0 Å². The first-order valence-electron chi connectivity index (χ1n) is 6.62. The van der Waals surface area contributed by atoms with E-state index in [1.807, 2.05) is 13.8 Å². The Morgan fingerprint density at radius 1 is 1.20 bits per heavy atom. The minimum Gasteiger partial charge on any atom is -0.375 e. The Morgan fingerprint density at radius 3 is 2.60 bits per heavy atom. The van der Waals surface area contributed by atoms with E-state index >= 15 is 0 Å². The van der Waals surface area contributed by atoms with Crippen molar-refractivity contribution in [2.45, 2.75) is 59.1 Å². The molecule has 2 nitrogen and oxygen atoms in total. The molecule has 0 amide bonds. The minimum atomic E-state index is 0.509. The zero-order valence-electron chi connectivity index (χ0n) is 10.8. The topological polar surface area (TPSA) is 21.3 Å². The summed E-state index contributed by atoms with van der Waals surface area (Å²) in [6.07, 6.45) is 4.48. The van der Waals surface area contributed by atoms with Crippen LogP contribution in [0, 0.1) is 11.8 Å².